The number of anilines is 2. The van der Waals surface area contributed by atoms with Crippen LogP contribution >= 0.6 is 0 Å². The van der Waals surface area contributed by atoms with Crippen LogP contribution in [0.5, 0.6) is 0 Å². The molecular formula is C21H34N6O2. The van der Waals surface area contributed by atoms with Crippen molar-refractivity contribution in [1.29, 1.82) is 0 Å². The number of nitrogens with one attached hydrogen (secondary N) is 1. The van der Waals surface area contributed by atoms with Gasteiger partial charge in [0.05, 0.1) is 6.10 Å². The predicted octanol–water partition coefficient (Wildman–Crippen LogP) is 1.30. The van der Waals surface area contributed by atoms with Crippen molar-refractivity contribution in [3.05, 3.63) is 12.4 Å². The molecule has 1 aliphatic carbocycles. The van der Waals surface area contributed by atoms with Gasteiger partial charge in [-0.15, -0.1) is 0 Å². The maximum atomic E-state index is 12.4. The van der Waals surface area contributed by atoms with Gasteiger partial charge in [0.2, 0.25) is 5.91 Å². The second-order valence-corrected chi connectivity index (χ2v) is 8.92. The zero-order chi connectivity index (χ0) is 20.2. The van der Waals surface area contributed by atoms with Gasteiger partial charge >= 0.3 is 0 Å². The molecule has 0 spiro atoms. The zero-order valence-corrected chi connectivity index (χ0v) is 17.7. The molecule has 8 nitrogen and oxygen atoms in total. The lowest BCUT2D eigenvalue weighted by molar-refractivity contribution is -0.149. The smallest absolute Gasteiger partial charge is 0.248 e. The lowest BCUT2D eigenvalue weighted by atomic mass is 9.95. The molecule has 2 saturated heterocycles. The molecule has 1 amide bonds. The predicted molar refractivity (Wildman–Crippen MR) is 113 cm³/mol. The number of carbonyl (C=O) groups excluding carboxylic acids is 1. The maximum Gasteiger partial charge on any atom is 0.248 e. The summed E-state index contributed by atoms with van der Waals surface area (Å²) >= 11 is 0. The number of piperidine rings is 1. The number of likely N-dealkylation sites (tertiary alicyclic amines) is 1. The first-order valence-electron chi connectivity index (χ1n) is 10.9. The Labute approximate surface area is 173 Å². The van der Waals surface area contributed by atoms with E-state index in [-0.39, 0.29) is 18.6 Å². The molecule has 0 aromatic carbocycles. The largest absolute Gasteiger partial charge is 0.365 e. The highest BCUT2D eigenvalue weighted by Gasteiger charge is 2.31. The van der Waals surface area contributed by atoms with Crippen molar-refractivity contribution in [1.82, 2.24) is 19.8 Å². The van der Waals surface area contributed by atoms with E-state index in [9.17, 15) is 4.79 Å². The van der Waals surface area contributed by atoms with Crippen LogP contribution in [0.15, 0.2) is 12.4 Å². The number of nitrogens with zero attached hydrogens (tertiary/aromatic N) is 5. The molecule has 1 saturated carbocycles. The van der Waals surface area contributed by atoms with Gasteiger partial charge in [-0.3, -0.25) is 4.79 Å². The van der Waals surface area contributed by atoms with Crippen LogP contribution in [0.25, 0.3) is 0 Å². The molecule has 1 N–H and O–H groups in total. The number of aromatic nitrogens is 2. The van der Waals surface area contributed by atoms with Gasteiger partial charge < -0.3 is 24.8 Å². The summed E-state index contributed by atoms with van der Waals surface area (Å²) in [6, 6.07) is 0. The number of ether oxygens (including phenoxy) is 1. The Balaban J connectivity index is 1.24. The molecule has 1 aromatic heterocycles. The van der Waals surface area contributed by atoms with E-state index in [4.69, 9.17) is 4.74 Å². The summed E-state index contributed by atoms with van der Waals surface area (Å²) in [5.74, 6) is 3.24. The molecule has 3 aliphatic rings. The van der Waals surface area contributed by atoms with Gasteiger partial charge in [-0.1, -0.05) is 0 Å². The minimum absolute atomic E-state index is 0.0281. The number of hydrogen-bond acceptors (Lipinski definition) is 7. The molecule has 0 unspecified atom stereocenters. The molecule has 1 aromatic rings. The van der Waals surface area contributed by atoms with Crippen molar-refractivity contribution in [3.8, 4) is 0 Å². The van der Waals surface area contributed by atoms with Gasteiger partial charge in [0.1, 0.15) is 6.61 Å². The standard InChI is InChI=1S/C21H34N6O2/c1-25(2)21-20(22-7-8-23-21)24-11-18-14-27(19(28)15-29-18)13-17-5-9-26(10-6-17)12-16-3-4-16/h7-8,16-18H,3-6,9-15H2,1-2H3,(H,22,24)/t18-/m1/s1. The Hall–Kier alpha value is -1.93. The van der Waals surface area contributed by atoms with Crippen molar-refractivity contribution in [2.45, 2.75) is 31.8 Å². The molecule has 3 heterocycles. The van der Waals surface area contributed by atoms with E-state index < -0.39 is 0 Å². The Bertz CT molecular complexity index is 688. The van der Waals surface area contributed by atoms with Crippen LogP contribution in [-0.4, -0.2) is 91.7 Å². The zero-order valence-electron chi connectivity index (χ0n) is 17.7. The van der Waals surface area contributed by atoms with Gasteiger partial charge in [0.15, 0.2) is 11.6 Å². The van der Waals surface area contributed by atoms with E-state index in [0.717, 1.165) is 24.1 Å². The van der Waals surface area contributed by atoms with Crippen LogP contribution in [0.2, 0.25) is 0 Å². The lowest BCUT2D eigenvalue weighted by Gasteiger charge is -2.38. The third kappa shape index (κ3) is 5.57. The third-order valence-electron chi connectivity index (χ3n) is 6.22. The Morgan fingerprint density at radius 1 is 1.10 bits per heavy atom. The van der Waals surface area contributed by atoms with Crippen LogP contribution in [0, 0.1) is 11.8 Å². The Morgan fingerprint density at radius 2 is 1.83 bits per heavy atom. The average molecular weight is 403 g/mol. The fraction of sp³-hybridized carbons (Fsp3) is 0.762. The highest BCUT2D eigenvalue weighted by molar-refractivity contribution is 5.78. The van der Waals surface area contributed by atoms with Crippen LogP contribution < -0.4 is 10.2 Å². The second kappa shape index (κ2) is 9.26. The van der Waals surface area contributed by atoms with E-state index >= 15 is 0 Å². The fourth-order valence-electron chi connectivity index (χ4n) is 4.30. The van der Waals surface area contributed by atoms with E-state index in [1.54, 1.807) is 12.4 Å². The highest BCUT2D eigenvalue weighted by Crippen LogP contribution is 2.31. The first-order chi connectivity index (χ1) is 14.1. The van der Waals surface area contributed by atoms with Gasteiger partial charge in [-0.05, 0) is 50.6 Å². The van der Waals surface area contributed by atoms with Crippen molar-refractivity contribution < 1.29 is 9.53 Å². The molecule has 2 aliphatic heterocycles. The summed E-state index contributed by atoms with van der Waals surface area (Å²) in [7, 11) is 3.89. The van der Waals surface area contributed by atoms with Crippen molar-refractivity contribution >= 4 is 17.5 Å². The summed E-state index contributed by atoms with van der Waals surface area (Å²) in [6.45, 7) is 5.95. The molecule has 1 atom stereocenters. The van der Waals surface area contributed by atoms with Crippen LogP contribution in [0.4, 0.5) is 11.6 Å². The third-order valence-corrected chi connectivity index (χ3v) is 6.22. The van der Waals surface area contributed by atoms with E-state index in [0.29, 0.717) is 19.0 Å². The quantitative estimate of drug-likeness (QED) is 0.703. The Morgan fingerprint density at radius 3 is 2.55 bits per heavy atom. The number of rotatable bonds is 8. The average Bonchev–Trinajstić information content (AvgIpc) is 3.54. The first kappa shape index (κ1) is 20.3. The van der Waals surface area contributed by atoms with Gasteiger partial charge in [-0.25, -0.2) is 9.97 Å². The maximum absolute atomic E-state index is 12.4. The summed E-state index contributed by atoms with van der Waals surface area (Å²) in [5, 5.41) is 3.35. The van der Waals surface area contributed by atoms with Crippen molar-refractivity contribution in [2.75, 3.05) is 70.2 Å². The van der Waals surface area contributed by atoms with E-state index in [2.05, 4.69) is 20.2 Å². The molecular weight excluding hydrogens is 368 g/mol. The molecule has 4 rings (SSSR count). The number of carbonyl (C=O) groups is 1. The number of morpholine rings is 1. The molecule has 29 heavy (non-hydrogen) atoms. The van der Waals surface area contributed by atoms with Crippen LogP contribution in [-0.2, 0) is 9.53 Å². The van der Waals surface area contributed by atoms with Crippen LogP contribution in [0.3, 0.4) is 0 Å². The lowest BCUT2D eigenvalue weighted by Crippen LogP contribution is -2.51. The normalized spacial score (nSPS) is 24.0. The molecule has 0 radical (unpaired) electrons. The van der Waals surface area contributed by atoms with Gasteiger partial charge in [-0.2, -0.15) is 0 Å². The number of hydrogen-bond donors (Lipinski definition) is 1. The van der Waals surface area contributed by atoms with E-state index in [1.165, 1.54) is 45.3 Å². The molecule has 0 bridgehead atoms. The van der Waals surface area contributed by atoms with Gasteiger partial charge in [0, 0.05) is 52.7 Å². The summed E-state index contributed by atoms with van der Waals surface area (Å²) < 4.78 is 5.78. The fourth-order valence-corrected chi connectivity index (χ4v) is 4.30. The summed E-state index contributed by atoms with van der Waals surface area (Å²) in [4.78, 5) is 27.7. The summed E-state index contributed by atoms with van der Waals surface area (Å²) in [5.41, 5.74) is 0. The molecule has 3 fully saturated rings. The second-order valence-electron chi connectivity index (χ2n) is 8.92. The first-order valence-corrected chi connectivity index (χ1v) is 10.9. The number of amides is 1. The topological polar surface area (TPSA) is 73.8 Å². The van der Waals surface area contributed by atoms with Gasteiger partial charge in [0.25, 0.3) is 0 Å². The summed E-state index contributed by atoms with van der Waals surface area (Å²) in [6.07, 6.45) is 8.58. The Kier molecular flexibility index (Phi) is 6.50. The minimum Gasteiger partial charge on any atom is -0.365 e. The molecule has 8 heteroatoms. The minimum atomic E-state index is -0.0281. The molecule has 160 valence electrons. The SMILES string of the molecule is CN(C)c1nccnc1NC[C@@H]1CN(CC2CCN(CC3CC3)CC2)C(=O)CO1. The van der Waals surface area contributed by atoms with Crippen molar-refractivity contribution in [3.63, 3.8) is 0 Å². The highest BCUT2D eigenvalue weighted by atomic mass is 16.5. The van der Waals surface area contributed by atoms with Crippen LogP contribution in [0.1, 0.15) is 25.7 Å². The van der Waals surface area contributed by atoms with Crippen molar-refractivity contribution in [2.24, 2.45) is 11.8 Å². The monoisotopic (exact) mass is 402 g/mol. The van der Waals surface area contributed by atoms with E-state index in [1.807, 2.05) is 23.9 Å².